The minimum atomic E-state index is -3.86. The molecule has 2 amide bonds. The van der Waals surface area contributed by atoms with Crippen LogP contribution in [-0.2, 0) is 24.4 Å². The highest BCUT2D eigenvalue weighted by Gasteiger charge is 2.28. The van der Waals surface area contributed by atoms with E-state index in [0.29, 0.717) is 6.42 Å². The largest absolute Gasteiger partial charge is 0.347 e. The molecule has 0 rings (SSSR count). The molecule has 0 aliphatic heterocycles. The number of rotatable bonds is 9. The molecule has 0 spiro atoms. The third-order valence-electron chi connectivity index (χ3n) is 3.03. The molecule has 0 aromatic carbocycles. The highest BCUT2D eigenvalue weighted by atomic mass is 32.2. The van der Waals surface area contributed by atoms with Crippen LogP contribution in [0.25, 0.3) is 0 Å². The number of carbonyl (C=O) groups excluding carboxylic acids is 3. The van der Waals surface area contributed by atoms with E-state index in [-0.39, 0.29) is 6.04 Å². The topological polar surface area (TPSA) is 147 Å². The van der Waals surface area contributed by atoms with Crippen LogP contribution in [-0.4, -0.2) is 56.9 Å². The Labute approximate surface area is 130 Å². The molecule has 0 aliphatic carbocycles. The van der Waals surface area contributed by atoms with Crippen molar-refractivity contribution >= 4 is 27.6 Å². The van der Waals surface area contributed by atoms with E-state index in [1.807, 2.05) is 6.92 Å². The number of amides is 2. The standard InChI is InChI=1S/C12H24N4O5S/c1-5-7(2)15-12(19)10(17)8(3)16-11(18)9(14-4)6-22(13,20)21/h7-9,14H,5-6H2,1-4H3,(H,15,19)(H,16,18)(H2,13,20,21). The molecule has 3 unspecified atom stereocenters. The second-order valence-electron chi connectivity index (χ2n) is 5.05. The molecule has 128 valence electrons. The molecule has 0 aromatic heterocycles. The van der Waals surface area contributed by atoms with Gasteiger partial charge in [-0.3, -0.25) is 14.4 Å². The summed E-state index contributed by atoms with van der Waals surface area (Å²) in [7, 11) is -2.47. The van der Waals surface area contributed by atoms with Crippen molar-refractivity contribution in [2.75, 3.05) is 12.8 Å². The molecule has 0 aliphatic rings. The molecule has 22 heavy (non-hydrogen) atoms. The maximum Gasteiger partial charge on any atom is 0.289 e. The zero-order chi connectivity index (χ0) is 17.5. The summed E-state index contributed by atoms with van der Waals surface area (Å²) in [4.78, 5) is 35.4. The second kappa shape index (κ2) is 8.81. The lowest BCUT2D eigenvalue weighted by Gasteiger charge is -2.19. The summed E-state index contributed by atoms with van der Waals surface area (Å²) in [6.07, 6.45) is 0.663. The molecule has 5 N–H and O–H groups in total. The van der Waals surface area contributed by atoms with Gasteiger partial charge in [-0.2, -0.15) is 0 Å². The third-order valence-corrected chi connectivity index (χ3v) is 3.83. The summed E-state index contributed by atoms with van der Waals surface area (Å²) in [5.41, 5.74) is 0. The predicted octanol–water partition coefficient (Wildman–Crippen LogP) is -2.15. The number of hydrogen-bond donors (Lipinski definition) is 4. The number of nitrogens with one attached hydrogen (secondary N) is 3. The molecular formula is C12H24N4O5S. The van der Waals surface area contributed by atoms with Crippen LogP contribution < -0.4 is 21.1 Å². The predicted molar refractivity (Wildman–Crippen MR) is 81.3 cm³/mol. The van der Waals surface area contributed by atoms with E-state index < -0.39 is 45.5 Å². The fraction of sp³-hybridized carbons (Fsp3) is 0.750. The lowest BCUT2D eigenvalue weighted by atomic mass is 10.1. The van der Waals surface area contributed by atoms with E-state index in [9.17, 15) is 22.8 Å². The number of carbonyl (C=O) groups is 3. The Balaban J connectivity index is 4.68. The van der Waals surface area contributed by atoms with Gasteiger partial charge in [0.15, 0.2) is 0 Å². The first-order valence-corrected chi connectivity index (χ1v) is 8.56. The Morgan fingerprint density at radius 3 is 2.09 bits per heavy atom. The maximum absolute atomic E-state index is 11.9. The Bertz CT molecular complexity index is 520. The Hall–Kier alpha value is -1.52. The van der Waals surface area contributed by atoms with Gasteiger partial charge >= 0.3 is 0 Å². The average Bonchev–Trinajstić information content (AvgIpc) is 2.42. The van der Waals surface area contributed by atoms with Gasteiger partial charge in [-0.25, -0.2) is 13.6 Å². The van der Waals surface area contributed by atoms with Crippen molar-refractivity contribution in [2.45, 2.75) is 45.3 Å². The minimum absolute atomic E-state index is 0.160. The highest BCUT2D eigenvalue weighted by Crippen LogP contribution is 1.94. The number of likely N-dealkylation sites (N-methyl/N-ethyl adjacent to an activating group) is 1. The molecule has 0 bridgehead atoms. The molecule has 0 saturated carbocycles. The van der Waals surface area contributed by atoms with Crippen LogP contribution in [0.1, 0.15) is 27.2 Å². The second-order valence-corrected chi connectivity index (χ2v) is 6.71. The molecule has 0 aromatic rings. The number of hydrogen-bond acceptors (Lipinski definition) is 6. The Kier molecular flexibility index (Phi) is 8.20. The van der Waals surface area contributed by atoms with Crippen LogP contribution >= 0.6 is 0 Å². The Morgan fingerprint density at radius 2 is 1.68 bits per heavy atom. The molecule has 0 saturated heterocycles. The van der Waals surface area contributed by atoms with Gasteiger partial charge in [-0.05, 0) is 27.3 Å². The van der Waals surface area contributed by atoms with Gasteiger partial charge in [0.05, 0.1) is 11.8 Å². The fourth-order valence-corrected chi connectivity index (χ4v) is 2.28. The molecule has 0 heterocycles. The summed E-state index contributed by atoms with van der Waals surface area (Å²) < 4.78 is 22.0. The summed E-state index contributed by atoms with van der Waals surface area (Å²) in [6, 6.07) is -2.34. The van der Waals surface area contributed by atoms with Crippen molar-refractivity contribution in [3.63, 3.8) is 0 Å². The highest BCUT2D eigenvalue weighted by molar-refractivity contribution is 7.89. The quantitative estimate of drug-likeness (QED) is 0.353. The van der Waals surface area contributed by atoms with Crippen molar-refractivity contribution in [2.24, 2.45) is 5.14 Å². The molecular weight excluding hydrogens is 312 g/mol. The van der Waals surface area contributed by atoms with Crippen LogP contribution in [0, 0.1) is 0 Å². The summed E-state index contributed by atoms with van der Waals surface area (Å²) >= 11 is 0. The molecule has 10 heteroatoms. The van der Waals surface area contributed by atoms with E-state index in [1.54, 1.807) is 6.92 Å². The van der Waals surface area contributed by atoms with Gasteiger partial charge < -0.3 is 16.0 Å². The molecule has 3 atom stereocenters. The summed E-state index contributed by atoms with van der Waals surface area (Å²) in [5.74, 6) is -2.95. The third kappa shape index (κ3) is 7.48. The van der Waals surface area contributed by atoms with Crippen LogP contribution in [0.15, 0.2) is 0 Å². The van der Waals surface area contributed by atoms with Crippen LogP contribution in [0.4, 0.5) is 0 Å². The van der Waals surface area contributed by atoms with Crippen molar-refractivity contribution in [3.05, 3.63) is 0 Å². The first kappa shape index (κ1) is 20.5. The van der Waals surface area contributed by atoms with E-state index in [1.165, 1.54) is 14.0 Å². The van der Waals surface area contributed by atoms with Crippen molar-refractivity contribution in [1.29, 1.82) is 0 Å². The zero-order valence-corrected chi connectivity index (χ0v) is 14.0. The van der Waals surface area contributed by atoms with E-state index in [2.05, 4.69) is 16.0 Å². The number of Topliss-reactive ketones (excluding diaryl/α,β-unsaturated/α-hetero) is 1. The van der Waals surface area contributed by atoms with E-state index in [4.69, 9.17) is 5.14 Å². The summed E-state index contributed by atoms with van der Waals surface area (Å²) in [5, 5.41) is 12.2. The molecule has 0 radical (unpaired) electrons. The normalized spacial score (nSPS) is 15.5. The van der Waals surface area contributed by atoms with Gasteiger partial charge in [0.1, 0.15) is 6.04 Å². The number of ketones is 1. The summed E-state index contributed by atoms with van der Waals surface area (Å²) in [6.45, 7) is 4.95. The van der Waals surface area contributed by atoms with Gasteiger partial charge in [0.25, 0.3) is 5.91 Å². The van der Waals surface area contributed by atoms with Crippen LogP contribution in [0.2, 0.25) is 0 Å². The average molecular weight is 336 g/mol. The Morgan fingerprint density at radius 1 is 1.14 bits per heavy atom. The van der Waals surface area contributed by atoms with Crippen LogP contribution in [0.5, 0.6) is 0 Å². The monoisotopic (exact) mass is 336 g/mol. The van der Waals surface area contributed by atoms with Crippen LogP contribution in [0.3, 0.4) is 0 Å². The number of sulfonamides is 1. The van der Waals surface area contributed by atoms with Gasteiger partial charge in [-0.15, -0.1) is 0 Å². The molecule has 0 fully saturated rings. The number of nitrogens with two attached hydrogens (primary N) is 1. The first-order chi connectivity index (χ1) is 10.0. The van der Waals surface area contributed by atoms with Crippen molar-refractivity contribution in [3.8, 4) is 0 Å². The first-order valence-electron chi connectivity index (χ1n) is 6.84. The number of primary sulfonamides is 1. The molecule has 9 nitrogen and oxygen atoms in total. The van der Waals surface area contributed by atoms with Gasteiger partial charge in [-0.1, -0.05) is 6.92 Å². The van der Waals surface area contributed by atoms with E-state index in [0.717, 1.165) is 0 Å². The maximum atomic E-state index is 11.9. The fourth-order valence-electron chi connectivity index (χ4n) is 1.50. The van der Waals surface area contributed by atoms with Gasteiger partial charge in [0.2, 0.25) is 21.7 Å². The van der Waals surface area contributed by atoms with Crippen molar-refractivity contribution in [1.82, 2.24) is 16.0 Å². The zero-order valence-electron chi connectivity index (χ0n) is 13.2. The van der Waals surface area contributed by atoms with Gasteiger partial charge in [0, 0.05) is 6.04 Å². The smallest absolute Gasteiger partial charge is 0.289 e. The minimum Gasteiger partial charge on any atom is -0.347 e. The lowest BCUT2D eigenvalue weighted by Crippen LogP contribution is -2.54. The van der Waals surface area contributed by atoms with Crippen molar-refractivity contribution < 1.29 is 22.8 Å². The SMILES string of the molecule is CCC(C)NC(=O)C(=O)C(C)NC(=O)C(CS(N)(=O)=O)NC. The lowest BCUT2D eigenvalue weighted by molar-refractivity contribution is -0.140. The van der Waals surface area contributed by atoms with E-state index >= 15 is 0 Å².